The van der Waals surface area contributed by atoms with Gasteiger partial charge in [-0.15, -0.1) is 0 Å². The zero-order valence-corrected chi connectivity index (χ0v) is 11.1. The second-order valence-corrected chi connectivity index (χ2v) is 5.06. The van der Waals surface area contributed by atoms with Crippen LogP contribution in [0.15, 0.2) is 12.3 Å². The molecule has 0 saturated heterocycles. The number of rotatable bonds is 4. The number of hydrogen-bond donors (Lipinski definition) is 1. The van der Waals surface area contributed by atoms with Crippen LogP contribution in [0.1, 0.15) is 38.3 Å². The number of alkyl halides is 3. The van der Waals surface area contributed by atoms with E-state index in [1.165, 1.54) is 0 Å². The average molecular weight is 275 g/mol. The normalized spacial score (nSPS) is 24.6. The van der Waals surface area contributed by atoms with Gasteiger partial charge in [-0.1, -0.05) is 12.8 Å². The van der Waals surface area contributed by atoms with Gasteiger partial charge in [0.1, 0.15) is 0 Å². The Bertz CT molecular complexity index is 400. The van der Waals surface area contributed by atoms with Crippen molar-refractivity contribution in [3.8, 4) is 0 Å². The molecule has 0 spiro atoms. The topological polar surface area (TPSA) is 29.9 Å². The average Bonchev–Trinajstić information content (AvgIpc) is 2.83. The van der Waals surface area contributed by atoms with Crippen LogP contribution in [0.5, 0.6) is 0 Å². The molecule has 1 N–H and O–H groups in total. The van der Waals surface area contributed by atoms with Crippen molar-refractivity contribution in [2.75, 3.05) is 0 Å². The Labute approximate surface area is 111 Å². The second-order valence-electron chi connectivity index (χ2n) is 5.06. The quantitative estimate of drug-likeness (QED) is 0.915. The SMILES string of the molecule is CCn1nccc1CNC1CCCCC1C(F)(F)F. The Kier molecular flexibility index (Phi) is 4.50. The minimum absolute atomic E-state index is 0.244. The van der Waals surface area contributed by atoms with Gasteiger partial charge in [0.25, 0.3) is 0 Å². The van der Waals surface area contributed by atoms with Gasteiger partial charge < -0.3 is 5.32 Å². The first-order valence-electron chi connectivity index (χ1n) is 6.83. The molecular weight excluding hydrogens is 255 g/mol. The van der Waals surface area contributed by atoms with Crippen molar-refractivity contribution >= 4 is 0 Å². The van der Waals surface area contributed by atoms with Crippen molar-refractivity contribution in [2.45, 2.75) is 57.9 Å². The molecule has 1 aliphatic carbocycles. The number of aryl methyl sites for hydroxylation is 1. The van der Waals surface area contributed by atoms with E-state index in [0.29, 0.717) is 19.4 Å². The Morgan fingerprint density at radius 2 is 2.11 bits per heavy atom. The first-order valence-corrected chi connectivity index (χ1v) is 6.83. The maximum absolute atomic E-state index is 12.9. The molecule has 0 aliphatic heterocycles. The smallest absolute Gasteiger partial charge is 0.308 e. The van der Waals surface area contributed by atoms with Crippen molar-refractivity contribution in [1.82, 2.24) is 15.1 Å². The summed E-state index contributed by atoms with van der Waals surface area (Å²) in [5.74, 6) is -1.21. The number of hydrogen-bond acceptors (Lipinski definition) is 2. The Morgan fingerprint density at radius 3 is 2.79 bits per heavy atom. The van der Waals surface area contributed by atoms with Gasteiger partial charge in [0.2, 0.25) is 0 Å². The van der Waals surface area contributed by atoms with E-state index in [-0.39, 0.29) is 6.42 Å². The second kappa shape index (κ2) is 5.94. The summed E-state index contributed by atoms with van der Waals surface area (Å²) in [6.07, 6.45) is -0.0170. The van der Waals surface area contributed by atoms with Crippen molar-refractivity contribution in [2.24, 2.45) is 5.92 Å². The van der Waals surface area contributed by atoms with Gasteiger partial charge in [0.15, 0.2) is 0 Å². The monoisotopic (exact) mass is 275 g/mol. The van der Waals surface area contributed by atoms with Crippen LogP contribution in [0.2, 0.25) is 0 Å². The van der Waals surface area contributed by atoms with E-state index in [1.54, 1.807) is 10.9 Å². The van der Waals surface area contributed by atoms with E-state index in [0.717, 1.165) is 18.7 Å². The summed E-state index contributed by atoms with van der Waals surface area (Å²) in [6, 6.07) is 1.39. The third-order valence-corrected chi connectivity index (χ3v) is 3.84. The standard InChI is InChI=1S/C13H20F3N3/c1-2-19-10(7-8-18-19)9-17-12-6-4-3-5-11(12)13(14,15)16/h7-8,11-12,17H,2-6,9H2,1H3. The van der Waals surface area contributed by atoms with Crippen LogP contribution in [0.25, 0.3) is 0 Å². The summed E-state index contributed by atoms with van der Waals surface area (Å²) in [6.45, 7) is 3.15. The molecule has 1 aromatic heterocycles. The molecule has 108 valence electrons. The lowest BCUT2D eigenvalue weighted by Gasteiger charge is -2.33. The van der Waals surface area contributed by atoms with Crippen LogP contribution in [-0.2, 0) is 13.1 Å². The molecule has 2 unspecified atom stereocenters. The fourth-order valence-electron chi connectivity index (χ4n) is 2.80. The van der Waals surface area contributed by atoms with Crippen LogP contribution in [0.4, 0.5) is 13.2 Å². The number of aromatic nitrogens is 2. The van der Waals surface area contributed by atoms with Gasteiger partial charge in [-0.3, -0.25) is 4.68 Å². The van der Waals surface area contributed by atoms with Gasteiger partial charge in [0, 0.05) is 25.3 Å². The third kappa shape index (κ3) is 3.49. The van der Waals surface area contributed by atoms with Crippen LogP contribution < -0.4 is 5.32 Å². The lowest BCUT2D eigenvalue weighted by molar-refractivity contribution is -0.189. The predicted octanol–water partition coefficient (Wildman–Crippen LogP) is 3.11. The van der Waals surface area contributed by atoms with Crippen LogP contribution in [0.3, 0.4) is 0 Å². The minimum atomic E-state index is -4.09. The molecule has 1 heterocycles. The van der Waals surface area contributed by atoms with Gasteiger partial charge in [0.05, 0.1) is 11.6 Å². The summed E-state index contributed by atoms with van der Waals surface area (Å²) in [5.41, 5.74) is 0.939. The van der Waals surface area contributed by atoms with E-state index in [9.17, 15) is 13.2 Å². The largest absolute Gasteiger partial charge is 0.393 e. The zero-order valence-electron chi connectivity index (χ0n) is 11.1. The molecule has 19 heavy (non-hydrogen) atoms. The molecule has 0 aromatic carbocycles. The molecular formula is C13H20F3N3. The van der Waals surface area contributed by atoms with Gasteiger partial charge in [-0.2, -0.15) is 18.3 Å². The highest BCUT2D eigenvalue weighted by Gasteiger charge is 2.45. The lowest BCUT2D eigenvalue weighted by atomic mass is 9.84. The molecule has 1 fully saturated rings. The molecule has 1 saturated carbocycles. The summed E-state index contributed by atoms with van der Waals surface area (Å²) in [4.78, 5) is 0. The van der Waals surface area contributed by atoms with Gasteiger partial charge in [-0.05, 0) is 25.8 Å². The van der Waals surface area contributed by atoms with Crippen molar-refractivity contribution in [3.05, 3.63) is 18.0 Å². The molecule has 2 rings (SSSR count). The number of nitrogens with zero attached hydrogens (tertiary/aromatic N) is 2. The number of halogens is 3. The summed E-state index contributed by atoms with van der Waals surface area (Å²) < 4.78 is 40.6. The highest BCUT2D eigenvalue weighted by molar-refractivity contribution is 5.01. The summed E-state index contributed by atoms with van der Waals surface area (Å²) >= 11 is 0. The molecule has 6 heteroatoms. The van der Waals surface area contributed by atoms with E-state index in [2.05, 4.69) is 10.4 Å². The molecule has 1 aliphatic rings. The first-order chi connectivity index (χ1) is 9.02. The predicted molar refractivity (Wildman–Crippen MR) is 66.5 cm³/mol. The third-order valence-electron chi connectivity index (χ3n) is 3.84. The molecule has 1 aromatic rings. The van der Waals surface area contributed by atoms with E-state index in [4.69, 9.17) is 0 Å². The molecule has 2 atom stereocenters. The van der Waals surface area contributed by atoms with Crippen LogP contribution in [-0.4, -0.2) is 22.0 Å². The van der Waals surface area contributed by atoms with E-state index in [1.807, 2.05) is 13.0 Å². The van der Waals surface area contributed by atoms with Crippen molar-refractivity contribution < 1.29 is 13.2 Å². The van der Waals surface area contributed by atoms with E-state index >= 15 is 0 Å². The maximum Gasteiger partial charge on any atom is 0.393 e. The van der Waals surface area contributed by atoms with Crippen molar-refractivity contribution in [3.63, 3.8) is 0 Å². The minimum Gasteiger partial charge on any atom is -0.308 e. The lowest BCUT2D eigenvalue weighted by Crippen LogP contribution is -2.45. The zero-order chi connectivity index (χ0) is 13.9. The fraction of sp³-hybridized carbons (Fsp3) is 0.769. The molecule has 0 bridgehead atoms. The van der Waals surface area contributed by atoms with Gasteiger partial charge in [-0.25, -0.2) is 0 Å². The summed E-state index contributed by atoms with van der Waals surface area (Å²) in [7, 11) is 0. The van der Waals surface area contributed by atoms with Crippen LogP contribution >= 0.6 is 0 Å². The Balaban J connectivity index is 1.97. The Hall–Kier alpha value is -1.04. The first kappa shape index (κ1) is 14.4. The maximum atomic E-state index is 12.9. The Morgan fingerprint density at radius 1 is 1.37 bits per heavy atom. The molecule has 3 nitrogen and oxygen atoms in total. The number of nitrogens with one attached hydrogen (secondary N) is 1. The molecule has 0 amide bonds. The van der Waals surface area contributed by atoms with E-state index < -0.39 is 18.1 Å². The highest BCUT2D eigenvalue weighted by atomic mass is 19.4. The highest BCUT2D eigenvalue weighted by Crippen LogP contribution is 2.37. The fourth-order valence-corrected chi connectivity index (χ4v) is 2.80. The summed E-state index contributed by atoms with van der Waals surface area (Å²) in [5, 5.41) is 7.20. The molecule has 0 radical (unpaired) electrons. The van der Waals surface area contributed by atoms with Crippen molar-refractivity contribution in [1.29, 1.82) is 0 Å². The van der Waals surface area contributed by atoms with Crippen LogP contribution in [0, 0.1) is 5.92 Å². The van der Waals surface area contributed by atoms with Gasteiger partial charge >= 0.3 is 6.18 Å².